The third-order valence-electron chi connectivity index (χ3n) is 7.38. The van der Waals surface area contributed by atoms with Gasteiger partial charge in [-0.25, -0.2) is 8.42 Å². The molecule has 1 unspecified atom stereocenters. The lowest BCUT2D eigenvalue weighted by Gasteiger charge is -2.36. The fraction of sp³-hybridized carbons (Fsp3) is 0.250. The molecule has 4 aromatic carbocycles. The van der Waals surface area contributed by atoms with E-state index in [9.17, 15) is 18.0 Å². The Bertz CT molecular complexity index is 1640. The second kappa shape index (κ2) is 11.6. The first-order chi connectivity index (χ1) is 19.3. The van der Waals surface area contributed by atoms with Gasteiger partial charge in [0, 0.05) is 18.5 Å². The van der Waals surface area contributed by atoms with Crippen molar-refractivity contribution >= 4 is 38.4 Å². The zero-order valence-electron chi connectivity index (χ0n) is 22.6. The molecular formula is C32H32N2O5S. The van der Waals surface area contributed by atoms with E-state index in [1.165, 1.54) is 4.31 Å². The van der Waals surface area contributed by atoms with Gasteiger partial charge in [0.05, 0.1) is 23.0 Å². The average Bonchev–Trinajstić information content (AvgIpc) is 2.97. The lowest BCUT2D eigenvalue weighted by atomic mass is 9.92. The van der Waals surface area contributed by atoms with Crippen LogP contribution >= 0.6 is 0 Å². The van der Waals surface area contributed by atoms with Crippen molar-refractivity contribution in [1.29, 1.82) is 0 Å². The average molecular weight is 557 g/mol. The van der Waals surface area contributed by atoms with Crippen LogP contribution in [0.4, 0.5) is 5.69 Å². The van der Waals surface area contributed by atoms with Crippen molar-refractivity contribution in [2.75, 3.05) is 24.6 Å². The molecule has 1 aliphatic heterocycles. The molecule has 0 bridgehead atoms. The summed E-state index contributed by atoms with van der Waals surface area (Å²) in [5.74, 6) is -0.978. The van der Waals surface area contributed by atoms with Crippen LogP contribution < -0.4 is 4.90 Å². The highest BCUT2D eigenvalue weighted by molar-refractivity contribution is 7.89. The minimum Gasteiger partial charge on any atom is -0.455 e. The van der Waals surface area contributed by atoms with Gasteiger partial charge < -0.3 is 9.64 Å². The Balaban J connectivity index is 1.35. The van der Waals surface area contributed by atoms with Crippen molar-refractivity contribution in [3.05, 3.63) is 108 Å². The van der Waals surface area contributed by atoms with Gasteiger partial charge in [0.25, 0.3) is 5.91 Å². The Morgan fingerprint density at radius 2 is 1.62 bits per heavy atom. The normalized spacial score (nSPS) is 15.4. The van der Waals surface area contributed by atoms with Crippen molar-refractivity contribution < 1.29 is 22.7 Å². The number of sulfonamides is 1. The van der Waals surface area contributed by atoms with Crippen LogP contribution in [0.2, 0.25) is 0 Å². The zero-order valence-corrected chi connectivity index (χ0v) is 23.4. The molecule has 0 fully saturated rings. The van der Waals surface area contributed by atoms with Crippen molar-refractivity contribution in [1.82, 2.24) is 4.31 Å². The minimum absolute atomic E-state index is 0.180. The van der Waals surface area contributed by atoms with Crippen molar-refractivity contribution in [3.8, 4) is 0 Å². The van der Waals surface area contributed by atoms with E-state index < -0.39 is 28.6 Å². The highest BCUT2D eigenvalue weighted by atomic mass is 32.2. The van der Waals surface area contributed by atoms with Gasteiger partial charge >= 0.3 is 5.97 Å². The van der Waals surface area contributed by atoms with Gasteiger partial charge in [0.15, 0.2) is 6.61 Å². The highest BCUT2D eigenvalue weighted by Gasteiger charge is 2.38. The summed E-state index contributed by atoms with van der Waals surface area (Å²) >= 11 is 0. The summed E-state index contributed by atoms with van der Waals surface area (Å²) in [6.07, 6.45) is 0.345. The van der Waals surface area contributed by atoms with E-state index in [4.69, 9.17) is 4.74 Å². The van der Waals surface area contributed by atoms with Gasteiger partial charge in [-0.1, -0.05) is 78.4 Å². The Kier molecular flexibility index (Phi) is 8.00. The molecule has 0 spiro atoms. The van der Waals surface area contributed by atoms with E-state index in [1.54, 1.807) is 29.2 Å². The summed E-state index contributed by atoms with van der Waals surface area (Å²) in [5.41, 5.74) is 3.48. The number of rotatable bonds is 8. The van der Waals surface area contributed by atoms with E-state index in [-0.39, 0.29) is 23.8 Å². The maximum Gasteiger partial charge on any atom is 0.308 e. The number of carbonyl (C=O) groups excluding carboxylic acids is 2. The number of esters is 1. The summed E-state index contributed by atoms with van der Waals surface area (Å²) in [6.45, 7) is 3.98. The first-order valence-electron chi connectivity index (χ1n) is 13.4. The van der Waals surface area contributed by atoms with E-state index in [1.807, 2.05) is 80.6 Å². The van der Waals surface area contributed by atoms with Crippen molar-refractivity contribution in [2.45, 2.75) is 37.6 Å². The quantitative estimate of drug-likeness (QED) is 0.271. The molecule has 5 rings (SSSR count). The molecular weight excluding hydrogens is 524 g/mol. The Morgan fingerprint density at radius 1 is 0.925 bits per heavy atom. The van der Waals surface area contributed by atoms with Crippen LogP contribution in [0.25, 0.3) is 10.8 Å². The highest BCUT2D eigenvalue weighted by Crippen LogP contribution is 2.36. The van der Waals surface area contributed by atoms with Crippen LogP contribution in [0.15, 0.2) is 95.9 Å². The summed E-state index contributed by atoms with van der Waals surface area (Å²) < 4.78 is 34.2. The van der Waals surface area contributed by atoms with Crippen LogP contribution in [-0.2, 0) is 30.8 Å². The minimum atomic E-state index is -3.87. The van der Waals surface area contributed by atoms with Gasteiger partial charge in [-0.3, -0.25) is 9.59 Å². The Labute approximate surface area is 235 Å². The van der Waals surface area contributed by atoms with Gasteiger partial charge in [0.1, 0.15) is 0 Å². The maximum absolute atomic E-state index is 13.7. The predicted molar refractivity (Wildman–Crippen MR) is 156 cm³/mol. The van der Waals surface area contributed by atoms with Crippen molar-refractivity contribution in [2.24, 2.45) is 0 Å². The lowest BCUT2D eigenvalue weighted by molar-refractivity contribution is -0.148. The second-order valence-electron chi connectivity index (χ2n) is 9.89. The number of nitrogens with zero attached hydrogens (tertiary/aromatic N) is 2. The monoisotopic (exact) mass is 556 g/mol. The number of fused-ring (bicyclic) bond motifs is 2. The van der Waals surface area contributed by atoms with Crippen LogP contribution in [0.3, 0.4) is 0 Å². The molecule has 0 aromatic heterocycles. The number of ether oxygens (including phenoxy) is 1. The molecule has 0 aliphatic carbocycles. The third kappa shape index (κ3) is 5.50. The molecule has 1 aliphatic rings. The first-order valence-corrected chi connectivity index (χ1v) is 14.8. The van der Waals surface area contributed by atoms with Gasteiger partial charge in [-0.15, -0.1) is 0 Å². The second-order valence-corrected chi connectivity index (χ2v) is 11.8. The molecule has 1 atom stereocenters. The number of aryl methyl sites for hydroxylation is 1. The molecule has 0 saturated heterocycles. The fourth-order valence-corrected chi connectivity index (χ4v) is 6.94. The summed E-state index contributed by atoms with van der Waals surface area (Å²) in [5, 5.41) is 1.94. The molecule has 40 heavy (non-hydrogen) atoms. The third-order valence-corrected chi connectivity index (χ3v) is 9.30. The van der Waals surface area contributed by atoms with E-state index >= 15 is 0 Å². The van der Waals surface area contributed by atoms with E-state index in [0.717, 1.165) is 33.2 Å². The SMILES string of the molecule is CCN(C(=O)COC(=O)CC1c2ccccc2CCN1S(=O)(=O)c1ccc(C)cc1)c1cccc2ccccc12. The molecule has 1 heterocycles. The molecule has 1 amide bonds. The number of likely N-dealkylation sites (N-methyl/N-ethyl adjacent to an activating group) is 1. The number of hydrogen-bond acceptors (Lipinski definition) is 5. The van der Waals surface area contributed by atoms with Crippen LogP contribution in [-0.4, -0.2) is 44.3 Å². The molecule has 0 N–H and O–H groups in total. The number of anilines is 1. The predicted octanol–water partition coefficient (Wildman–Crippen LogP) is 5.42. The van der Waals surface area contributed by atoms with Crippen LogP contribution in [0.5, 0.6) is 0 Å². The molecule has 0 saturated carbocycles. The molecule has 0 radical (unpaired) electrons. The van der Waals surface area contributed by atoms with E-state index in [2.05, 4.69) is 0 Å². The van der Waals surface area contributed by atoms with Gasteiger partial charge in [-0.2, -0.15) is 4.31 Å². The summed E-state index contributed by atoms with van der Waals surface area (Å²) in [4.78, 5) is 28.1. The fourth-order valence-electron chi connectivity index (χ4n) is 5.34. The smallest absolute Gasteiger partial charge is 0.308 e. The standard InChI is InChI=1S/C32H32N2O5S/c1-3-33(29-14-8-11-24-9-4-6-12-27(24)29)31(35)22-39-32(36)21-30-28-13-7-5-10-25(28)19-20-34(30)40(37,38)26-17-15-23(2)16-18-26/h4-18,30H,3,19-22H2,1-2H3. The lowest BCUT2D eigenvalue weighted by Crippen LogP contribution is -2.41. The molecule has 206 valence electrons. The topological polar surface area (TPSA) is 84.0 Å². The largest absolute Gasteiger partial charge is 0.455 e. The maximum atomic E-state index is 13.7. The number of amides is 1. The van der Waals surface area contributed by atoms with Crippen LogP contribution in [0.1, 0.15) is 36.1 Å². The number of carbonyl (C=O) groups is 2. The number of hydrogen-bond donors (Lipinski definition) is 0. The first kappa shape index (κ1) is 27.6. The Morgan fingerprint density at radius 3 is 2.40 bits per heavy atom. The van der Waals surface area contributed by atoms with Crippen LogP contribution in [0, 0.1) is 6.92 Å². The van der Waals surface area contributed by atoms with Gasteiger partial charge in [0.2, 0.25) is 10.0 Å². The molecule has 8 heteroatoms. The van der Waals surface area contributed by atoms with E-state index in [0.29, 0.717) is 13.0 Å². The summed E-state index contributed by atoms with van der Waals surface area (Å²) in [7, 11) is -3.87. The molecule has 4 aromatic rings. The number of benzene rings is 4. The summed E-state index contributed by atoms with van der Waals surface area (Å²) in [6, 6.07) is 27.1. The van der Waals surface area contributed by atoms with Gasteiger partial charge in [-0.05, 0) is 55.0 Å². The Hall–Kier alpha value is -4.01. The zero-order chi connectivity index (χ0) is 28.3. The van der Waals surface area contributed by atoms with Crippen molar-refractivity contribution in [3.63, 3.8) is 0 Å². The molecule has 7 nitrogen and oxygen atoms in total.